The number of esters is 4. The van der Waals surface area contributed by atoms with Gasteiger partial charge in [0, 0.05) is 25.8 Å². The van der Waals surface area contributed by atoms with Crippen molar-refractivity contribution in [2.24, 2.45) is 0 Å². The lowest BCUT2D eigenvalue weighted by atomic mass is 9.78. The zero-order valence-electron chi connectivity index (χ0n) is 22.0. The second kappa shape index (κ2) is 11.6. The van der Waals surface area contributed by atoms with Crippen LogP contribution in [0.3, 0.4) is 0 Å². The molecule has 0 N–H and O–H groups in total. The Morgan fingerprint density at radius 1 is 1.00 bits per heavy atom. The summed E-state index contributed by atoms with van der Waals surface area (Å²) in [6.07, 6.45) is -0.170. The molecule has 2 heterocycles. The topological polar surface area (TPSA) is 153 Å². The summed E-state index contributed by atoms with van der Waals surface area (Å²) in [5, 5.41) is 0. The fourth-order valence-corrected chi connectivity index (χ4v) is 4.86. The monoisotopic (exact) mass is 547 g/mol. The number of amides is 1. The van der Waals surface area contributed by atoms with Crippen molar-refractivity contribution in [3.05, 3.63) is 23.3 Å². The molecule has 0 unspecified atom stereocenters. The van der Waals surface area contributed by atoms with Crippen molar-refractivity contribution >= 4 is 35.4 Å². The summed E-state index contributed by atoms with van der Waals surface area (Å²) >= 11 is 0. The van der Waals surface area contributed by atoms with Gasteiger partial charge in [0.05, 0.1) is 24.8 Å². The molecule has 2 aliphatic heterocycles. The van der Waals surface area contributed by atoms with Crippen LogP contribution in [0, 0.1) is 0 Å². The minimum atomic E-state index is -1.13. The molecule has 0 bridgehead atoms. The lowest BCUT2D eigenvalue weighted by molar-refractivity contribution is -0.169. The van der Waals surface area contributed by atoms with Gasteiger partial charge in [-0.25, -0.2) is 4.79 Å². The largest absolute Gasteiger partial charge is 0.477 e. The van der Waals surface area contributed by atoms with E-state index in [2.05, 4.69) is 0 Å². The summed E-state index contributed by atoms with van der Waals surface area (Å²) in [6.45, 7) is 4.70. The molecule has 1 amide bonds. The van der Waals surface area contributed by atoms with E-state index in [1.165, 1.54) is 18.7 Å². The van der Waals surface area contributed by atoms with E-state index in [4.69, 9.17) is 33.2 Å². The molecule has 0 spiro atoms. The molecular formula is C26H29NO12. The van der Waals surface area contributed by atoms with E-state index >= 15 is 0 Å². The first-order valence-electron chi connectivity index (χ1n) is 12.4. The number of nitrogens with zero attached hydrogens (tertiary/aromatic N) is 1. The van der Waals surface area contributed by atoms with Crippen LogP contribution in [-0.4, -0.2) is 86.1 Å². The van der Waals surface area contributed by atoms with E-state index < -0.39 is 61.2 Å². The van der Waals surface area contributed by atoms with Gasteiger partial charge in [-0.1, -0.05) is 6.08 Å². The Labute approximate surface area is 223 Å². The minimum absolute atomic E-state index is 0.0165. The van der Waals surface area contributed by atoms with Crippen molar-refractivity contribution in [2.45, 2.75) is 52.4 Å². The Balaban J connectivity index is 1.88. The number of fused-ring (bicyclic) bond motifs is 4. The van der Waals surface area contributed by atoms with Gasteiger partial charge in [0.25, 0.3) is 5.91 Å². The van der Waals surface area contributed by atoms with Gasteiger partial charge in [0.1, 0.15) is 12.6 Å². The summed E-state index contributed by atoms with van der Waals surface area (Å²) in [6, 6.07) is 0.569. The molecule has 13 nitrogen and oxygen atoms in total. The Hall–Kier alpha value is -4.29. The predicted octanol–water partition coefficient (Wildman–Crippen LogP) is 1.40. The van der Waals surface area contributed by atoms with Gasteiger partial charge in [-0.15, -0.1) is 0 Å². The lowest BCUT2D eigenvalue weighted by Crippen LogP contribution is -2.59. The van der Waals surface area contributed by atoms with Crippen LogP contribution in [0.5, 0.6) is 17.2 Å². The molecule has 0 saturated heterocycles. The molecule has 1 aliphatic carbocycles. The molecule has 0 aromatic heterocycles. The SMILES string of the molecule is CCOC(=O)COc1c2c(cc3c1C(=O)N(CC(=O)OCC)[C@@H]1C3=CC[C@@H](OC(C)=O)[C@H]1OC(C)=O)OCO2. The quantitative estimate of drug-likeness (QED) is 0.324. The summed E-state index contributed by atoms with van der Waals surface area (Å²) in [7, 11) is 0. The Morgan fingerprint density at radius 3 is 2.36 bits per heavy atom. The normalized spacial score (nSPS) is 20.7. The zero-order chi connectivity index (χ0) is 28.3. The summed E-state index contributed by atoms with van der Waals surface area (Å²) in [4.78, 5) is 63.9. The van der Waals surface area contributed by atoms with Crippen molar-refractivity contribution in [3.8, 4) is 17.2 Å². The maximum atomic E-state index is 14.1. The van der Waals surface area contributed by atoms with Gasteiger partial charge in [-0.3, -0.25) is 19.2 Å². The first kappa shape index (κ1) is 27.7. The Bertz CT molecular complexity index is 1220. The highest BCUT2D eigenvalue weighted by Crippen LogP contribution is 2.51. The van der Waals surface area contributed by atoms with Gasteiger partial charge in [0.15, 0.2) is 24.2 Å². The van der Waals surface area contributed by atoms with Crippen LogP contribution in [0.1, 0.15) is 50.0 Å². The summed E-state index contributed by atoms with van der Waals surface area (Å²) < 4.78 is 37.9. The van der Waals surface area contributed by atoms with Crippen molar-refractivity contribution in [1.29, 1.82) is 0 Å². The molecule has 1 aromatic rings. The first-order chi connectivity index (χ1) is 18.7. The predicted molar refractivity (Wildman–Crippen MR) is 130 cm³/mol. The fraction of sp³-hybridized carbons (Fsp3) is 0.500. The second-order valence-electron chi connectivity index (χ2n) is 8.76. The highest BCUT2D eigenvalue weighted by Gasteiger charge is 2.50. The Morgan fingerprint density at radius 2 is 1.69 bits per heavy atom. The number of hydrogen-bond donors (Lipinski definition) is 0. The third-order valence-electron chi connectivity index (χ3n) is 6.17. The van der Waals surface area contributed by atoms with Gasteiger partial charge >= 0.3 is 23.9 Å². The Kier molecular flexibility index (Phi) is 8.27. The van der Waals surface area contributed by atoms with E-state index in [-0.39, 0.29) is 49.2 Å². The smallest absolute Gasteiger partial charge is 0.344 e. The molecule has 39 heavy (non-hydrogen) atoms. The van der Waals surface area contributed by atoms with Crippen molar-refractivity contribution in [3.63, 3.8) is 0 Å². The van der Waals surface area contributed by atoms with Crippen LogP contribution >= 0.6 is 0 Å². The molecule has 1 aromatic carbocycles. The molecular weight excluding hydrogens is 518 g/mol. The number of ether oxygens (including phenoxy) is 7. The maximum absolute atomic E-state index is 14.1. The van der Waals surface area contributed by atoms with E-state index in [9.17, 15) is 24.0 Å². The van der Waals surface area contributed by atoms with E-state index in [1.54, 1.807) is 26.0 Å². The third kappa shape index (κ3) is 5.61. The van der Waals surface area contributed by atoms with Crippen LogP contribution in [0.2, 0.25) is 0 Å². The molecule has 3 atom stereocenters. The number of rotatable bonds is 9. The standard InChI is InChI=1S/C26H29NO12/c1-5-33-19(30)10-27-22-15(7-8-17(38-13(3)28)23(22)39-14(4)29)16-9-18-24(37-12-36-18)25(21(16)26(27)32)35-11-20(31)34-6-2/h7,9,17,22-23H,5-6,8,10-12H2,1-4H3/t17-,22-,23-/m1/s1. The fourth-order valence-electron chi connectivity index (χ4n) is 4.86. The van der Waals surface area contributed by atoms with Crippen LogP contribution in [-0.2, 0) is 38.1 Å². The number of hydrogen-bond acceptors (Lipinski definition) is 12. The molecule has 210 valence electrons. The number of carbonyl (C=O) groups excluding carboxylic acids is 5. The van der Waals surface area contributed by atoms with Gasteiger partial charge < -0.3 is 38.1 Å². The molecule has 0 saturated carbocycles. The molecule has 0 radical (unpaired) electrons. The second-order valence-corrected chi connectivity index (χ2v) is 8.76. The minimum Gasteiger partial charge on any atom is -0.477 e. The van der Waals surface area contributed by atoms with Crippen LogP contribution in [0.4, 0.5) is 0 Å². The molecule has 13 heteroatoms. The summed E-state index contributed by atoms with van der Waals surface area (Å²) in [5.74, 6) is -3.00. The molecule has 0 fully saturated rings. The van der Waals surface area contributed by atoms with Crippen molar-refractivity contribution in [1.82, 2.24) is 4.90 Å². The van der Waals surface area contributed by atoms with Crippen molar-refractivity contribution < 1.29 is 57.1 Å². The summed E-state index contributed by atoms with van der Waals surface area (Å²) in [5.41, 5.74) is 0.886. The number of benzene rings is 1. The highest BCUT2D eigenvalue weighted by atomic mass is 16.7. The van der Waals surface area contributed by atoms with Crippen LogP contribution in [0.25, 0.3) is 5.57 Å². The van der Waals surface area contributed by atoms with E-state index in [1.807, 2.05) is 0 Å². The molecule has 3 aliphatic rings. The van der Waals surface area contributed by atoms with Crippen LogP contribution < -0.4 is 14.2 Å². The molecule has 4 rings (SSSR count). The zero-order valence-corrected chi connectivity index (χ0v) is 22.0. The first-order valence-corrected chi connectivity index (χ1v) is 12.4. The highest BCUT2D eigenvalue weighted by molar-refractivity contribution is 6.08. The van der Waals surface area contributed by atoms with Gasteiger partial charge in [-0.2, -0.15) is 0 Å². The van der Waals surface area contributed by atoms with Gasteiger partial charge in [0.2, 0.25) is 12.5 Å². The third-order valence-corrected chi connectivity index (χ3v) is 6.17. The van der Waals surface area contributed by atoms with E-state index in [0.717, 1.165) is 0 Å². The van der Waals surface area contributed by atoms with E-state index in [0.29, 0.717) is 11.1 Å². The lowest BCUT2D eigenvalue weighted by Gasteiger charge is -2.45. The average Bonchev–Trinajstić information content (AvgIpc) is 3.34. The van der Waals surface area contributed by atoms with Crippen LogP contribution in [0.15, 0.2) is 12.1 Å². The maximum Gasteiger partial charge on any atom is 0.344 e. The average molecular weight is 548 g/mol. The van der Waals surface area contributed by atoms with Crippen molar-refractivity contribution in [2.75, 3.05) is 33.2 Å². The van der Waals surface area contributed by atoms with Gasteiger partial charge in [-0.05, 0) is 25.5 Å². The number of carbonyl (C=O) groups is 5.